The van der Waals surface area contributed by atoms with Gasteiger partial charge in [-0.1, -0.05) is 30.3 Å². The van der Waals surface area contributed by atoms with Crippen LogP contribution in [0.25, 0.3) is 0 Å². The summed E-state index contributed by atoms with van der Waals surface area (Å²) >= 11 is 0. The number of hydrogen-bond acceptors (Lipinski definition) is 4. The molecule has 2 aromatic carbocycles. The monoisotopic (exact) mass is 348 g/mol. The van der Waals surface area contributed by atoms with Crippen molar-refractivity contribution in [3.8, 4) is 6.07 Å². The molecule has 1 unspecified atom stereocenters. The van der Waals surface area contributed by atoms with Crippen molar-refractivity contribution < 1.29 is 0 Å². The number of nitrogens with zero attached hydrogens (tertiary/aromatic N) is 2. The topological polar surface area (TPSA) is 51.1 Å². The minimum absolute atomic E-state index is 0.453. The first kappa shape index (κ1) is 18.4. The Morgan fingerprint density at radius 3 is 2.38 bits per heavy atom. The molecule has 4 nitrogen and oxygen atoms in total. The van der Waals surface area contributed by atoms with Crippen molar-refractivity contribution in [1.82, 2.24) is 10.6 Å². The van der Waals surface area contributed by atoms with Gasteiger partial charge in [0.15, 0.2) is 0 Å². The first-order chi connectivity index (χ1) is 12.8. The van der Waals surface area contributed by atoms with E-state index in [2.05, 4.69) is 64.1 Å². The number of piperidine rings is 1. The van der Waals surface area contributed by atoms with Crippen LogP contribution in [0.2, 0.25) is 0 Å². The summed E-state index contributed by atoms with van der Waals surface area (Å²) in [7, 11) is 2.02. The molecule has 0 saturated carbocycles. The maximum atomic E-state index is 8.93. The van der Waals surface area contributed by atoms with E-state index in [1.54, 1.807) is 0 Å². The summed E-state index contributed by atoms with van der Waals surface area (Å²) in [4.78, 5) is 2.42. The minimum Gasteiger partial charge on any atom is -0.371 e. The molecule has 1 atom stereocenters. The number of nitriles is 1. The molecular formula is C22H28N4. The van der Waals surface area contributed by atoms with E-state index in [0.29, 0.717) is 12.1 Å². The molecule has 1 aliphatic heterocycles. The van der Waals surface area contributed by atoms with Crippen molar-refractivity contribution in [3.63, 3.8) is 0 Å². The zero-order valence-corrected chi connectivity index (χ0v) is 15.5. The highest BCUT2D eigenvalue weighted by Gasteiger charge is 2.22. The van der Waals surface area contributed by atoms with Crippen molar-refractivity contribution in [1.29, 1.82) is 5.26 Å². The van der Waals surface area contributed by atoms with Gasteiger partial charge < -0.3 is 15.5 Å². The third kappa shape index (κ3) is 5.08. The Balaban J connectivity index is 1.52. The predicted octanol–water partition coefficient (Wildman–Crippen LogP) is 2.95. The smallest absolute Gasteiger partial charge is 0.0991 e. The molecule has 0 radical (unpaired) electrons. The molecular weight excluding hydrogens is 320 g/mol. The van der Waals surface area contributed by atoms with Gasteiger partial charge in [0.1, 0.15) is 0 Å². The standard InChI is InChI=1S/C22H28N4/c1-24-17-21(15-18-5-3-2-4-6-18)25-20-11-13-26(14-12-20)22-9-7-19(16-23)8-10-22/h2-10,20-21,24-25H,11-15,17H2,1H3. The summed E-state index contributed by atoms with van der Waals surface area (Å²) in [5.74, 6) is 0. The molecule has 0 amide bonds. The van der Waals surface area contributed by atoms with Gasteiger partial charge in [0.2, 0.25) is 0 Å². The second-order valence-corrected chi connectivity index (χ2v) is 7.03. The van der Waals surface area contributed by atoms with Gasteiger partial charge in [-0.25, -0.2) is 0 Å². The lowest BCUT2D eigenvalue weighted by Gasteiger charge is -2.36. The second-order valence-electron chi connectivity index (χ2n) is 7.03. The van der Waals surface area contributed by atoms with Gasteiger partial charge in [-0.3, -0.25) is 0 Å². The van der Waals surface area contributed by atoms with Crippen molar-refractivity contribution in [2.75, 3.05) is 31.6 Å². The van der Waals surface area contributed by atoms with Crippen LogP contribution in [0.4, 0.5) is 5.69 Å². The van der Waals surface area contributed by atoms with E-state index in [1.165, 1.54) is 11.3 Å². The molecule has 2 aromatic rings. The maximum absolute atomic E-state index is 8.93. The Bertz CT molecular complexity index is 697. The summed E-state index contributed by atoms with van der Waals surface area (Å²) in [6.45, 7) is 3.09. The molecule has 0 bridgehead atoms. The van der Waals surface area contributed by atoms with E-state index in [0.717, 1.165) is 44.5 Å². The van der Waals surface area contributed by atoms with Gasteiger partial charge >= 0.3 is 0 Å². The van der Waals surface area contributed by atoms with Crippen molar-refractivity contribution in [3.05, 3.63) is 65.7 Å². The number of rotatable bonds is 7. The normalized spacial score (nSPS) is 16.2. The highest BCUT2D eigenvalue weighted by molar-refractivity contribution is 5.50. The molecule has 1 heterocycles. The summed E-state index contributed by atoms with van der Waals surface area (Å²) < 4.78 is 0. The van der Waals surface area contributed by atoms with Crippen LogP contribution in [0.15, 0.2) is 54.6 Å². The van der Waals surface area contributed by atoms with Crippen LogP contribution in [-0.4, -0.2) is 38.8 Å². The lowest BCUT2D eigenvalue weighted by atomic mass is 10.00. The molecule has 1 aliphatic rings. The van der Waals surface area contributed by atoms with Gasteiger partial charge in [-0.05, 0) is 56.1 Å². The van der Waals surface area contributed by atoms with Gasteiger partial charge in [-0.2, -0.15) is 5.26 Å². The van der Waals surface area contributed by atoms with Crippen LogP contribution >= 0.6 is 0 Å². The van der Waals surface area contributed by atoms with E-state index < -0.39 is 0 Å². The predicted molar refractivity (Wildman–Crippen MR) is 107 cm³/mol. The van der Waals surface area contributed by atoms with Crippen LogP contribution in [-0.2, 0) is 6.42 Å². The SMILES string of the molecule is CNCC(Cc1ccccc1)NC1CCN(c2ccc(C#N)cc2)CC1. The first-order valence-corrected chi connectivity index (χ1v) is 9.48. The summed E-state index contributed by atoms with van der Waals surface area (Å²) in [5, 5.41) is 16.1. The summed E-state index contributed by atoms with van der Waals surface area (Å²) in [5.41, 5.74) is 3.33. The van der Waals surface area contributed by atoms with Gasteiger partial charge in [0.05, 0.1) is 11.6 Å². The zero-order chi connectivity index (χ0) is 18.2. The number of nitrogens with one attached hydrogen (secondary N) is 2. The molecule has 3 rings (SSSR count). The third-order valence-electron chi connectivity index (χ3n) is 5.10. The number of hydrogen-bond donors (Lipinski definition) is 2. The van der Waals surface area contributed by atoms with E-state index in [-0.39, 0.29) is 0 Å². The fraction of sp³-hybridized carbons (Fsp3) is 0.409. The van der Waals surface area contributed by atoms with E-state index in [9.17, 15) is 0 Å². The second kappa shape index (κ2) is 9.38. The Labute approximate surface area is 156 Å². The van der Waals surface area contributed by atoms with Crippen molar-refractivity contribution >= 4 is 5.69 Å². The summed E-state index contributed by atoms with van der Waals surface area (Å²) in [6.07, 6.45) is 3.35. The third-order valence-corrected chi connectivity index (χ3v) is 5.10. The molecule has 1 saturated heterocycles. The molecule has 0 spiro atoms. The Morgan fingerprint density at radius 2 is 1.77 bits per heavy atom. The van der Waals surface area contributed by atoms with Gasteiger partial charge in [-0.15, -0.1) is 0 Å². The molecule has 1 fully saturated rings. The first-order valence-electron chi connectivity index (χ1n) is 9.48. The lowest BCUT2D eigenvalue weighted by Crippen LogP contribution is -2.49. The minimum atomic E-state index is 0.453. The fourth-order valence-corrected chi connectivity index (χ4v) is 3.72. The number of benzene rings is 2. The number of anilines is 1. The average Bonchev–Trinajstić information content (AvgIpc) is 2.70. The fourth-order valence-electron chi connectivity index (χ4n) is 3.72. The maximum Gasteiger partial charge on any atom is 0.0991 e. The Hall–Kier alpha value is -2.35. The highest BCUT2D eigenvalue weighted by Crippen LogP contribution is 2.21. The number of likely N-dealkylation sites (N-methyl/N-ethyl adjacent to an activating group) is 1. The molecule has 4 heteroatoms. The van der Waals surface area contributed by atoms with Gasteiger partial charge in [0.25, 0.3) is 0 Å². The van der Waals surface area contributed by atoms with Crippen LogP contribution in [0.5, 0.6) is 0 Å². The molecule has 26 heavy (non-hydrogen) atoms. The van der Waals surface area contributed by atoms with Crippen LogP contribution < -0.4 is 15.5 Å². The highest BCUT2D eigenvalue weighted by atomic mass is 15.2. The molecule has 2 N–H and O–H groups in total. The van der Waals surface area contributed by atoms with Crippen LogP contribution in [0.3, 0.4) is 0 Å². The largest absolute Gasteiger partial charge is 0.371 e. The Morgan fingerprint density at radius 1 is 1.08 bits per heavy atom. The van der Waals surface area contributed by atoms with Crippen LogP contribution in [0.1, 0.15) is 24.0 Å². The average molecular weight is 348 g/mol. The molecule has 0 aliphatic carbocycles. The van der Waals surface area contributed by atoms with E-state index in [1.807, 2.05) is 19.2 Å². The summed E-state index contributed by atoms with van der Waals surface area (Å²) in [6, 6.07) is 21.8. The molecule has 136 valence electrons. The van der Waals surface area contributed by atoms with Crippen LogP contribution in [0, 0.1) is 11.3 Å². The molecule has 0 aromatic heterocycles. The van der Waals surface area contributed by atoms with Crippen molar-refractivity contribution in [2.45, 2.75) is 31.3 Å². The van der Waals surface area contributed by atoms with Crippen molar-refractivity contribution in [2.24, 2.45) is 0 Å². The Kier molecular flexibility index (Phi) is 6.65. The van der Waals surface area contributed by atoms with E-state index in [4.69, 9.17) is 5.26 Å². The quantitative estimate of drug-likeness (QED) is 0.808. The van der Waals surface area contributed by atoms with Gasteiger partial charge in [0, 0.05) is 37.4 Å². The lowest BCUT2D eigenvalue weighted by molar-refractivity contribution is 0.358. The van der Waals surface area contributed by atoms with E-state index >= 15 is 0 Å². The zero-order valence-electron chi connectivity index (χ0n) is 15.5.